The van der Waals surface area contributed by atoms with Gasteiger partial charge in [0, 0.05) is 11.4 Å². The summed E-state index contributed by atoms with van der Waals surface area (Å²) in [6.45, 7) is 3.57. The van der Waals surface area contributed by atoms with Crippen molar-refractivity contribution >= 4 is 21.4 Å². The summed E-state index contributed by atoms with van der Waals surface area (Å²) in [5, 5.41) is 15.0. The molecule has 0 bridgehead atoms. The molecule has 0 spiro atoms. The van der Waals surface area contributed by atoms with Crippen molar-refractivity contribution in [2.45, 2.75) is 31.3 Å². The molecule has 1 unspecified atom stereocenters. The van der Waals surface area contributed by atoms with Crippen LogP contribution in [-0.4, -0.2) is 29.0 Å². The lowest BCUT2D eigenvalue weighted by molar-refractivity contribution is 0.559. The number of thiophene rings is 1. The highest BCUT2D eigenvalue weighted by Crippen LogP contribution is 2.27. The minimum atomic E-state index is -3.66. The van der Waals surface area contributed by atoms with Gasteiger partial charge in [0.15, 0.2) is 5.82 Å². The van der Waals surface area contributed by atoms with E-state index in [1.54, 1.807) is 19.2 Å². The molecule has 104 valence electrons. The molecule has 2 aromatic heterocycles. The van der Waals surface area contributed by atoms with Crippen LogP contribution in [0.3, 0.4) is 0 Å². The van der Waals surface area contributed by atoms with Crippen molar-refractivity contribution in [3.8, 4) is 0 Å². The van der Waals surface area contributed by atoms with Gasteiger partial charge < -0.3 is 5.73 Å². The number of tetrazole rings is 1. The van der Waals surface area contributed by atoms with Crippen molar-refractivity contribution in [3.05, 3.63) is 21.6 Å². The zero-order valence-corrected chi connectivity index (χ0v) is 12.0. The lowest BCUT2D eigenvalue weighted by Crippen LogP contribution is -2.28. The Morgan fingerprint density at radius 1 is 1.58 bits per heavy atom. The van der Waals surface area contributed by atoms with Crippen LogP contribution in [0.5, 0.6) is 0 Å². The molecular weight excluding hydrogens is 288 g/mol. The highest BCUT2D eigenvalue weighted by Gasteiger charge is 2.25. The number of nitrogens with two attached hydrogens (primary N) is 1. The smallest absolute Gasteiger partial charge is 0.242 e. The molecule has 0 radical (unpaired) electrons. The van der Waals surface area contributed by atoms with Crippen molar-refractivity contribution in [2.24, 2.45) is 5.73 Å². The van der Waals surface area contributed by atoms with Gasteiger partial charge in [0.1, 0.15) is 4.90 Å². The molecule has 0 aliphatic carbocycles. The highest BCUT2D eigenvalue weighted by atomic mass is 32.2. The molecule has 19 heavy (non-hydrogen) atoms. The Morgan fingerprint density at radius 3 is 2.89 bits per heavy atom. The van der Waals surface area contributed by atoms with Crippen LogP contribution in [-0.2, 0) is 16.6 Å². The Morgan fingerprint density at radius 2 is 2.32 bits per heavy atom. The van der Waals surface area contributed by atoms with E-state index in [1.165, 1.54) is 11.3 Å². The summed E-state index contributed by atoms with van der Waals surface area (Å²) in [7, 11) is -3.66. The first-order chi connectivity index (χ1) is 8.95. The van der Waals surface area contributed by atoms with Gasteiger partial charge in [-0.05, 0) is 24.8 Å². The molecule has 0 aliphatic rings. The predicted molar refractivity (Wildman–Crippen MR) is 69.9 cm³/mol. The van der Waals surface area contributed by atoms with Crippen molar-refractivity contribution in [2.75, 3.05) is 0 Å². The lowest BCUT2D eigenvalue weighted by atomic mass is 10.3. The fourth-order valence-electron chi connectivity index (χ4n) is 1.69. The Balaban J connectivity index is 2.30. The van der Waals surface area contributed by atoms with E-state index in [1.807, 2.05) is 0 Å². The number of H-pyrrole nitrogens is 1. The van der Waals surface area contributed by atoms with E-state index in [4.69, 9.17) is 5.73 Å². The average molecular weight is 302 g/mol. The molecule has 4 N–H and O–H groups in total. The topological polar surface area (TPSA) is 127 Å². The number of aromatic nitrogens is 4. The number of aryl methyl sites for hydroxylation is 1. The number of aromatic amines is 1. The highest BCUT2D eigenvalue weighted by molar-refractivity contribution is 7.89. The Hall–Kier alpha value is -1.36. The standard InChI is InChI=1S/C9H14N6O2S2/c1-5-4-18-7(3-10)8(5)19(16,17)13-6(2)9-11-14-15-12-9/h4,6,13H,3,10H2,1-2H3,(H,11,12,14,15). The largest absolute Gasteiger partial charge is 0.326 e. The molecule has 8 nitrogen and oxygen atoms in total. The molecule has 2 rings (SSSR count). The van der Waals surface area contributed by atoms with E-state index in [0.29, 0.717) is 10.4 Å². The molecule has 2 heterocycles. The average Bonchev–Trinajstić information content (AvgIpc) is 2.96. The third-order valence-corrected chi connectivity index (χ3v) is 5.55. The molecular formula is C9H14N6O2S2. The van der Waals surface area contributed by atoms with E-state index >= 15 is 0 Å². The molecule has 0 saturated carbocycles. The molecule has 2 aromatic rings. The van der Waals surface area contributed by atoms with E-state index in [9.17, 15) is 8.42 Å². The van der Waals surface area contributed by atoms with Crippen LogP contribution in [0.15, 0.2) is 10.3 Å². The van der Waals surface area contributed by atoms with Crippen molar-refractivity contribution in [1.29, 1.82) is 0 Å². The van der Waals surface area contributed by atoms with Gasteiger partial charge in [0.25, 0.3) is 0 Å². The van der Waals surface area contributed by atoms with Gasteiger partial charge in [-0.3, -0.25) is 0 Å². The van der Waals surface area contributed by atoms with Crippen molar-refractivity contribution in [1.82, 2.24) is 25.3 Å². The van der Waals surface area contributed by atoms with Crippen LogP contribution in [0.2, 0.25) is 0 Å². The van der Waals surface area contributed by atoms with Crippen molar-refractivity contribution in [3.63, 3.8) is 0 Å². The molecule has 0 aliphatic heterocycles. The minimum absolute atomic E-state index is 0.186. The third-order valence-electron chi connectivity index (χ3n) is 2.52. The first-order valence-corrected chi connectivity index (χ1v) is 7.84. The number of sulfonamides is 1. The van der Waals surface area contributed by atoms with Crippen LogP contribution < -0.4 is 10.5 Å². The van der Waals surface area contributed by atoms with Crippen LogP contribution in [0.25, 0.3) is 0 Å². The summed E-state index contributed by atoms with van der Waals surface area (Å²) >= 11 is 1.33. The molecule has 10 heteroatoms. The van der Waals surface area contributed by atoms with E-state index < -0.39 is 16.1 Å². The maximum atomic E-state index is 12.4. The maximum Gasteiger partial charge on any atom is 0.242 e. The normalized spacial score (nSPS) is 13.6. The van der Waals surface area contributed by atoms with Gasteiger partial charge in [-0.1, -0.05) is 5.21 Å². The summed E-state index contributed by atoms with van der Waals surface area (Å²) < 4.78 is 27.2. The van der Waals surface area contributed by atoms with Crippen LogP contribution >= 0.6 is 11.3 Å². The first kappa shape index (κ1) is 14.1. The van der Waals surface area contributed by atoms with Crippen LogP contribution in [0.4, 0.5) is 0 Å². The van der Waals surface area contributed by atoms with Gasteiger partial charge >= 0.3 is 0 Å². The van der Waals surface area contributed by atoms with Crippen LogP contribution in [0.1, 0.15) is 29.2 Å². The Kier molecular flexibility index (Phi) is 3.94. The van der Waals surface area contributed by atoms with Gasteiger partial charge in [-0.2, -0.15) is 5.21 Å². The Bertz CT molecular complexity index is 648. The molecule has 0 aromatic carbocycles. The number of hydrogen-bond donors (Lipinski definition) is 3. The fraction of sp³-hybridized carbons (Fsp3) is 0.444. The second kappa shape index (κ2) is 5.33. The summed E-state index contributed by atoms with van der Waals surface area (Å²) in [5.41, 5.74) is 6.24. The zero-order valence-electron chi connectivity index (χ0n) is 10.4. The van der Waals surface area contributed by atoms with Gasteiger partial charge in [-0.25, -0.2) is 13.1 Å². The van der Waals surface area contributed by atoms with Crippen molar-refractivity contribution < 1.29 is 8.42 Å². The second-order valence-electron chi connectivity index (χ2n) is 3.99. The van der Waals surface area contributed by atoms with E-state index in [-0.39, 0.29) is 17.3 Å². The number of hydrogen-bond acceptors (Lipinski definition) is 7. The number of rotatable bonds is 5. The molecule has 0 fully saturated rings. The molecule has 0 saturated heterocycles. The van der Waals surface area contributed by atoms with Crippen LogP contribution in [0, 0.1) is 6.92 Å². The maximum absolute atomic E-state index is 12.4. The second-order valence-corrected chi connectivity index (χ2v) is 6.60. The fourth-order valence-corrected chi connectivity index (χ4v) is 4.59. The predicted octanol–water partition coefficient (Wildman–Crippen LogP) is 0.0678. The molecule has 0 amide bonds. The molecule has 1 atom stereocenters. The summed E-state index contributed by atoms with van der Waals surface area (Å²) in [6.07, 6.45) is 0. The van der Waals surface area contributed by atoms with E-state index in [0.717, 1.165) is 0 Å². The summed E-state index contributed by atoms with van der Waals surface area (Å²) in [6, 6.07) is -0.575. The zero-order chi connectivity index (χ0) is 14.0. The minimum Gasteiger partial charge on any atom is -0.326 e. The SMILES string of the molecule is Cc1csc(CN)c1S(=O)(=O)NC(C)c1nn[nH]n1. The quantitative estimate of drug-likeness (QED) is 0.717. The summed E-state index contributed by atoms with van der Waals surface area (Å²) in [5.74, 6) is 0.283. The monoisotopic (exact) mass is 302 g/mol. The summed E-state index contributed by atoms with van der Waals surface area (Å²) in [4.78, 5) is 0.876. The number of nitrogens with zero attached hydrogens (tertiary/aromatic N) is 3. The Labute approximate surface area is 114 Å². The van der Waals surface area contributed by atoms with Gasteiger partial charge in [0.05, 0.1) is 6.04 Å². The van der Waals surface area contributed by atoms with Gasteiger partial charge in [0.2, 0.25) is 10.0 Å². The van der Waals surface area contributed by atoms with Gasteiger partial charge in [-0.15, -0.1) is 21.5 Å². The van der Waals surface area contributed by atoms with E-state index in [2.05, 4.69) is 25.3 Å². The number of nitrogens with one attached hydrogen (secondary N) is 2. The first-order valence-electron chi connectivity index (χ1n) is 5.48. The lowest BCUT2D eigenvalue weighted by Gasteiger charge is -2.12. The third kappa shape index (κ3) is 2.81.